The van der Waals surface area contributed by atoms with Crippen LogP contribution in [0, 0.1) is 13.8 Å². The van der Waals surface area contributed by atoms with Crippen molar-refractivity contribution in [2.45, 2.75) is 26.3 Å². The lowest BCUT2D eigenvalue weighted by molar-refractivity contribution is -0.132. The van der Waals surface area contributed by atoms with E-state index in [4.69, 9.17) is 4.74 Å². The summed E-state index contributed by atoms with van der Waals surface area (Å²) in [6.07, 6.45) is 0.752. The third kappa shape index (κ3) is 3.15. The Hall–Kier alpha value is -3.38. The zero-order valence-electron chi connectivity index (χ0n) is 17.2. The molecule has 2 aliphatic rings. The highest BCUT2D eigenvalue weighted by molar-refractivity contribution is 7.10. The predicted octanol–water partition coefficient (Wildman–Crippen LogP) is 4.93. The Balaban J connectivity index is 1.71. The maximum Gasteiger partial charge on any atom is 0.300 e. The molecule has 0 saturated carbocycles. The number of anilines is 1. The molecule has 3 heterocycles. The largest absolute Gasteiger partial charge is 0.507 e. The van der Waals surface area contributed by atoms with Gasteiger partial charge in [-0.2, -0.15) is 0 Å². The van der Waals surface area contributed by atoms with Gasteiger partial charge < -0.3 is 9.84 Å². The first-order valence-corrected chi connectivity index (χ1v) is 11.0. The van der Waals surface area contributed by atoms with Crippen molar-refractivity contribution in [3.63, 3.8) is 0 Å². The summed E-state index contributed by atoms with van der Waals surface area (Å²) in [5.74, 6) is -0.659. The number of aliphatic hydroxyl groups is 1. The van der Waals surface area contributed by atoms with Gasteiger partial charge in [0.15, 0.2) is 0 Å². The number of ether oxygens (including phenoxy) is 1. The van der Waals surface area contributed by atoms with E-state index in [1.807, 2.05) is 55.6 Å². The summed E-state index contributed by atoms with van der Waals surface area (Å²) in [7, 11) is 0. The van der Waals surface area contributed by atoms with E-state index in [0.717, 1.165) is 33.7 Å². The average Bonchev–Trinajstić information content (AvgIpc) is 3.50. The van der Waals surface area contributed by atoms with E-state index >= 15 is 0 Å². The van der Waals surface area contributed by atoms with Gasteiger partial charge in [0.1, 0.15) is 17.6 Å². The number of hydrogen-bond donors (Lipinski definition) is 1. The molecule has 1 saturated heterocycles. The van der Waals surface area contributed by atoms with Crippen molar-refractivity contribution >= 4 is 34.5 Å². The van der Waals surface area contributed by atoms with Crippen LogP contribution in [0.2, 0.25) is 0 Å². The van der Waals surface area contributed by atoms with Crippen molar-refractivity contribution in [2.24, 2.45) is 0 Å². The standard InChI is InChI=1S/C25H21NO4S/c1-14-5-6-15(2)18(12-14)26-22(20-4-3-11-31-20)21(24(28)25(26)29)23(27)17-7-8-19-16(13-17)9-10-30-19/h3-8,11-13,22,27H,9-10H2,1-2H3/b23-21-. The van der Waals surface area contributed by atoms with E-state index in [-0.39, 0.29) is 11.3 Å². The fourth-order valence-electron chi connectivity index (χ4n) is 4.27. The lowest BCUT2D eigenvalue weighted by Crippen LogP contribution is -2.29. The number of Topliss-reactive ketones (excluding diaryl/α,β-unsaturated/α-hetero) is 1. The van der Waals surface area contributed by atoms with Crippen molar-refractivity contribution in [2.75, 3.05) is 11.5 Å². The van der Waals surface area contributed by atoms with Crippen molar-refractivity contribution in [1.82, 2.24) is 0 Å². The van der Waals surface area contributed by atoms with E-state index in [1.54, 1.807) is 12.1 Å². The Morgan fingerprint density at radius 3 is 2.74 bits per heavy atom. The van der Waals surface area contributed by atoms with Crippen LogP contribution in [0.15, 0.2) is 59.5 Å². The molecule has 156 valence electrons. The molecule has 2 aliphatic heterocycles. The smallest absolute Gasteiger partial charge is 0.300 e. The summed E-state index contributed by atoms with van der Waals surface area (Å²) < 4.78 is 5.55. The number of aliphatic hydroxyl groups excluding tert-OH is 1. The van der Waals surface area contributed by atoms with Crippen LogP contribution in [-0.2, 0) is 16.0 Å². The molecular weight excluding hydrogens is 410 g/mol. The molecule has 0 radical (unpaired) electrons. The molecule has 0 bridgehead atoms. The minimum atomic E-state index is -0.676. The fourth-order valence-corrected chi connectivity index (χ4v) is 5.09. The molecule has 1 unspecified atom stereocenters. The van der Waals surface area contributed by atoms with Crippen LogP contribution < -0.4 is 9.64 Å². The van der Waals surface area contributed by atoms with Gasteiger partial charge in [-0.1, -0.05) is 18.2 Å². The fraction of sp³-hybridized carbons (Fsp3) is 0.200. The molecule has 2 aromatic carbocycles. The highest BCUT2D eigenvalue weighted by atomic mass is 32.1. The van der Waals surface area contributed by atoms with Gasteiger partial charge in [-0.3, -0.25) is 14.5 Å². The third-order valence-electron chi connectivity index (χ3n) is 5.84. The Bertz CT molecular complexity index is 1240. The second-order valence-corrected chi connectivity index (χ2v) is 8.87. The second-order valence-electron chi connectivity index (χ2n) is 7.90. The maximum absolute atomic E-state index is 13.2. The molecule has 1 N–H and O–H groups in total. The summed E-state index contributed by atoms with van der Waals surface area (Å²) in [6.45, 7) is 4.47. The Morgan fingerprint density at radius 1 is 1.13 bits per heavy atom. The van der Waals surface area contributed by atoms with Crippen molar-refractivity contribution < 1.29 is 19.4 Å². The second kappa shape index (κ2) is 7.39. The van der Waals surface area contributed by atoms with Gasteiger partial charge in [-0.25, -0.2) is 0 Å². The molecule has 5 nitrogen and oxygen atoms in total. The van der Waals surface area contributed by atoms with Crippen molar-refractivity contribution in [3.8, 4) is 5.75 Å². The Kier molecular flexibility index (Phi) is 4.67. The zero-order chi connectivity index (χ0) is 21.7. The lowest BCUT2D eigenvalue weighted by Gasteiger charge is -2.26. The summed E-state index contributed by atoms with van der Waals surface area (Å²) in [5.41, 5.74) is 4.19. The number of amides is 1. The van der Waals surface area contributed by atoms with Crippen molar-refractivity contribution in [1.29, 1.82) is 0 Å². The van der Waals surface area contributed by atoms with E-state index in [1.165, 1.54) is 16.2 Å². The number of fused-ring (bicyclic) bond motifs is 1. The molecule has 3 aromatic rings. The number of benzene rings is 2. The first-order valence-electron chi connectivity index (χ1n) is 10.1. The average molecular weight is 432 g/mol. The number of carbonyl (C=O) groups is 2. The van der Waals surface area contributed by atoms with Crippen molar-refractivity contribution in [3.05, 3.63) is 86.6 Å². The minimum Gasteiger partial charge on any atom is -0.507 e. The number of thiophene rings is 1. The molecule has 0 aliphatic carbocycles. The number of rotatable bonds is 3. The zero-order valence-corrected chi connectivity index (χ0v) is 18.0. The summed E-state index contributed by atoms with van der Waals surface area (Å²) in [5, 5.41) is 13.1. The van der Waals surface area contributed by atoms with E-state index in [2.05, 4.69) is 0 Å². The van der Waals surface area contributed by atoms with Gasteiger partial charge in [-0.05, 0) is 66.2 Å². The van der Waals surface area contributed by atoms with Gasteiger partial charge in [-0.15, -0.1) is 11.3 Å². The topological polar surface area (TPSA) is 66.8 Å². The van der Waals surface area contributed by atoms with Gasteiger partial charge in [0.2, 0.25) is 0 Å². The lowest BCUT2D eigenvalue weighted by atomic mass is 9.98. The summed E-state index contributed by atoms with van der Waals surface area (Å²) in [6, 6.07) is 14.3. The predicted molar refractivity (Wildman–Crippen MR) is 121 cm³/mol. The van der Waals surface area contributed by atoms with Crippen LogP contribution in [0.1, 0.15) is 33.2 Å². The Labute approximate surface area is 184 Å². The number of aryl methyl sites for hydroxylation is 2. The number of nitrogens with zero attached hydrogens (tertiary/aromatic N) is 1. The maximum atomic E-state index is 13.2. The van der Waals surface area contributed by atoms with Gasteiger partial charge in [0.05, 0.1) is 12.2 Å². The van der Waals surface area contributed by atoms with Gasteiger partial charge in [0.25, 0.3) is 11.7 Å². The third-order valence-corrected chi connectivity index (χ3v) is 6.77. The molecule has 6 heteroatoms. The molecule has 1 amide bonds. The SMILES string of the molecule is Cc1ccc(C)c(N2C(=O)C(=O)/C(=C(\O)c3ccc4c(c3)CCO4)C2c2cccs2)c1. The summed E-state index contributed by atoms with van der Waals surface area (Å²) >= 11 is 1.46. The molecular formula is C25H21NO4S. The molecule has 1 atom stereocenters. The van der Waals surface area contributed by atoms with Crippen LogP contribution in [0.4, 0.5) is 5.69 Å². The Morgan fingerprint density at radius 2 is 1.97 bits per heavy atom. The van der Waals surface area contributed by atoms with E-state index in [9.17, 15) is 14.7 Å². The van der Waals surface area contributed by atoms with Crippen LogP contribution in [0.3, 0.4) is 0 Å². The van der Waals surface area contributed by atoms with Crippen LogP contribution in [0.5, 0.6) is 5.75 Å². The number of ketones is 1. The normalized spacial score (nSPS) is 19.5. The minimum absolute atomic E-state index is 0.118. The number of carbonyl (C=O) groups excluding carboxylic acids is 2. The molecule has 1 aromatic heterocycles. The summed E-state index contributed by atoms with van der Waals surface area (Å²) in [4.78, 5) is 28.8. The van der Waals surface area contributed by atoms with Crippen LogP contribution >= 0.6 is 11.3 Å². The monoisotopic (exact) mass is 431 g/mol. The quantitative estimate of drug-likeness (QED) is 0.363. The van der Waals surface area contributed by atoms with E-state index < -0.39 is 17.7 Å². The molecule has 1 fully saturated rings. The first-order chi connectivity index (χ1) is 15.0. The molecule has 5 rings (SSSR count). The number of hydrogen-bond acceptors (Lipinski definition) is 5. The van der Waals surface area contributed by atoms with Gasteiger partial charge >= 0.3 is 0 Å². The molecule has 0 spiro atoms. The van der Waals surface area contributed by atoms with Crippen LogP contribution in [-0.4, -0.2) is 23.4 Å². The highest BCUT2D eigenvalue weighted by Crippen LogP contribution is 2.45. The van der Waals surface area contributed by atoms with E-state index in [0.29, 0.717) is 17.9 Å². The van der Waals surface area contributed by atoms with Crippen LogP contribution in [0.25, 0.3) is 5.76 Å². The first kappa shape index (κ1) is 19.6. The molecule has 31 heavy (non-hydrogen) atoms. The highest BCUT2D eigenvalue weighted by Gasteiger charge is 2.47. The van der Waals surface area contributed by atoms with Gasteiger partial charge in [0, 0.05) is 22.5 Å².